The second-order valence-electron chi connectivity index (χ2n) is 3.54. The highest BCUT2D eigenvalue weighted by Gasteiger charge is 2.37. The van der Waals surface area contributed by atoms with Crippen LogP contribution in [0.5, 0.6) is 0 Å². The Morgan fingerprint density at radius 2 is 2.18 bits per heavy atom. The number of aliphatic hydroxyl groups is 1. The Bertz CT molecular complexity index is 177. The summed E-state index contributed by atoms with van der Waals surface area (Å²) in [6.07, 6.45) is 3.40. The molecule has 62 valence electrons. The molecule has 3 heteroatoms. The van der Waals surface area contributed by atoms with E-state index in [9.17, 15) is 9.90 Å². The largest absolute Gasteiger partial charge is 0.391 e. The molecule has 0 aromatic heterocycles. The van der Waals surface area contributed by atoms with Gasteiger partial charge in [0, 0.05) is 6.42 Å². The highest BCUT2D eigenvalue weighted by atomic mass is 16.3. The van der Waals surface area contributed by atoms with Gasteiger partial charge in [-0.25, -0.2) is 0 Å². The lowest BCUT2D eigenvalue weighted by atomic mass is 10.1. The molecule has 2 aliphatic rings. The smallest absolute Gasteiger partial charge is 0.220 e. The van der Waals surface area contributed by atoms with Gasteiger partial charge in [-0.2, -0.15) is 0 Å². The Morgan fingerprint density at radius 1 is 1.45 bits per heavy atom. The van der Waals surface area contributed by atoms with E-state index in [-0.39, 0.29) is 18.1 Å². The van der Waals surface area contributed by atoms with Crippen molar-refractivity contribution in [1.82, 2.24) is 5.32 Å². The van der Waals surface area contributed by atoms with E-state index in [0.29, 0.717) is 12.3 Å². The Kier molecular flexibility index (Phi) is 1.60. The molecule has 0 spiro atoms. The topological polar surface area (TPSA) is 49.3 Å². The van der Waals surface area contributed by atoms with Crippen molar-refractivity contribution in [2.75, 3.05) is 0 Å². The highest BCUT2D eigenvalue weighted by Crippen LogP contribution is 2.35. The second kappa shape index (κ2) is 2.48. The maximum Gasteiger partial charge on any atom is 0.220 e. The molecule has 0 radical (unpaired) electrons. The van der Waals surface area contributed by atoms with Gasteiger partial charge in [0.05, 0.1) is 12.1 Å². The van der Waals surface area contributed by atoms with Crippen LogP contribution in [0.2, 0.25) is 0 Å². The molecule has 2 N–H and O–H groups in total. The van der Waals surface area contributed by atoms with Crippen LogP contribution in [0.25, 0.3) is 0 Å². The van der Waals surface area contributed by atoms with Crippen molar-refractivity contribution in [3.05, 3.63) is 0 Å². The number of aliphatic hydroxyl groups excluding tert-OH is 1. The van der Waals surface area contributed by atoms with E-state index in [1.807, 2.05) is 0 Å². The monoisotopic (exact) mass is 155 g/mol. The number of amides is 1. The Hall–Kier alpha value is -0.570. The maximum absolute atomic E-state index is 10.8. The lowest BCUT2D eigenvalue weighted by Gasteiger charge is -2.16. The van der Waals surface area contributed by atoms with Crippen molar-refractivity contribution < 1.29 is 9.90 Å². The van der Waals surface area contributed by atoms with Crippen LogP contribution in [-0.4, -0.2) is 23.2 Å². The third-order valence-corrected chi connectivity index (χ3v) is 2.55. The minimum atomic E-state index is -0.276. The summed E-state index contributed by atoms with van der Waals surface area (Å²) in [5, 5.41) is 12.4. The van der Waals surface area contributed by atoms with Crippen LogP contribution in [0, 0.1) is 5.92 Å². The van der Waals surface area contributed by atoms with Crippen LogP contribution >= 0.6 is 0 Å². The summed E-state index contributed by atoms with van der Waals surface area (Å²) in [4.78, 5) is 10.8. The van der Waals surface area contributed by atoms with Gasteiger partial charge in [0.15, 0.2) is 0 Å². The summed E-state index contributed by atoms with van der Waals surface area (Å²) in [6, 6.07) is 0.0509. The van der Waals surface area contributed by atoms with Crippen LogP contribution < -0.4 is 5.32 Å². The van der Waals surface area contributed by atoms with Crippen molar-refractivity contribution in [3.8, 4) is 0 Å². The van der Waals surface area contributed by atoms with Crippen LogP contribution in [0.15, 0.2) is 0 Å². The summed E-state index contributed by atoms with van der Waals surface area (Å²) >= 11 is 0. The van der Waals surface area contributed by atoms with E-state index in [1.54, 1.807) is 0 Å². The summed E-state index contributed by atoms with van der Waals surface area (Å²) in [6.45, 7) is 0. The molecule has 0 aromatic rings. The van der Waals surface area contributed by atoms with Gasteiger partial charge >= 0.3 is 0 Å². The normalized spacial score (nSPS) is 33.5. The van der Waals surface area contributed by atoms with Gasteiger partial charge in [-0.3, -0.25) is 4.79 Å². The van der Waals surface area contributed by atoms with Crippen LogP contribution in [0.3, 0.4) is 0 Å². The number of carbonyl (C=O) groups is 1. The molecule has 0 aromatic carbocycles. The van der Waals surface area contributed by atoms with Gasteiger partial charge in [0.2, 0.25) is 5.91 Å². The summed E-state index contributed by atoms with van der Waals surface area (Å²) in [7, 11) is 0. The Morgan fingerprint density at radius 3 is 2.64 bits per heavy atom. The predicted octanol–water partition coefficient (Wildman–Crippen LogP) is 0.0359. The predicted molar refractivity (Wildman–Crippen MR) is 39.9 cm³/mol. The van der Waals surface area contributed by atoms with Gasteiger partial charge in [-0.15, -0.1) is 0 Å². The van der Waals surface area contributed by atoms with Gasteiger partial charge in [0.1, 0.15) is 0 Å². The molecular weight excluding hydrogens is 142 g/mol. The molecule has 1 amide bonds. The number of hydrogen-bond donors (Lipinski definition) is 2. The average molecular weight is 155 g/mol. The van der Waals surface area contributed by atoms with Gasteiger partial charge in [0.25, 0.3) is 0 Å². The number of carbonyl (C=O) groups excluding carboxylic acids is 1. The fraction of sp³-hybridized carbons (Fsp3) is 0.875. The average Bonchev–Trinajstić information content (AvgIpc) is 2.74. The molecule has 0 bridgehead atoms. The lowest BCUT2D eigenvalue weighted by Crippen LogP contribution is -2.37. The lowest BCUT2D eigenvalue weighted by molar-refractivity contribution is -0.119. The summed E-state index contributed by atoms with van der Waals surface area (Å²) in [5.41, 5.74) is 0. The molecule has 1 heterocycles. The second-order valence-corrected chi connectivity index (χ2v) is 3.54. The molecule has 1 aliphatic carbocycles. The molecular formula is C8H13NO2. The third kappa shape index (κ3) is 1.38. The van der Waals surface area contributed by atoms with Crippen molar-refractivity contribution in [1.29, 1.82) is 0 Å². The quantitative estimate of drug-likeness (QED) is 0.591. The molecule has 11 heavy (non-hydrogen) atoms. The Balaban J connectivity index is 1.89. The number of rotatable bonds is 2. The first kappa shape index (κ1) is 7.10. The SMILES string of the molecule is O=C1CCC(C(O)C2CC2)N1. The first-order chi connectivity index (χ1) is 5.27. The molecule has 2 fully saturated rings. The highest BCUT2D eigenvalue weighted by molar-refractivity contribution is 5.78. The van der Waals surface area contributed by atoms with Crippen molar-refractivity contribution in [2.45, 2.75) is 37.8 Å². The molecule has 1 saturated heterocycles. The van der Waals surface area contributed by atoms with Gasteiger partial charge in [-0.1, -0.05) is 0 Å². The summed E-state index contributed by atoms with van der Waals surface area (Å²) in [5.74, 6) is 0.563. The standard InChI is InChI=1S/C8H13NO2/c10-7-4-3-6(9-7)8(11)5-1-2-5/h5-6,8,11H,1-4H2,(H,9,10). The maximum atomic E-state index is 10.8. The van der Waals surface area contributed by atoms with Crippen LogP contribution in [0.4, 0.5) is 0 Å². The van der Waals surface area contributed by atoms with E-state index in [2.05, 4.69) is 5.32 Å². The van der Waals surface area contributed by atoms with Crippen molar-refractivity contribution in [3.63, 3.8) is 0 Å². The molecule has 2 unspecified atom stereocenters. The van der Waals surface area contributed by atoms with Gasteiger partial charge < -0.3 is 10.4 Å². The fourth-order valence-corrected chi connectivity index (χ4v) is 1.66. The zero-order valence-electron chi connectivity index (χ0n) is 6.42. The minimum Gasteiger partial charge on any atom is -0.391 e. The van der Waals surface area contributed by atoms with Crippen LogP contribution in [0.1, 0.15) is 25.7 Å². The zero-order valence-corrected chi connectivity index (χ0v) is 6.42. The Labute approximate surface area is 65.8 Å². The number of hydrogen-bond acceptors (Lipinski definition) is 2. The molecule has 1 aliphatic heterocycles. The van der Waals surface area contributed by atoms with E-state index in [0.717, 1.165) is 19.3 Å². The van der Waals surface area contributed by atoms with E-state index in [4.69, 9.17) is 0 Å². The summed E-state index contributed by atoms with van der Waals surface area (Å²) < 4.78 is 0. The van der Waals surface area contributed by atoms with E-state index >= 15 is 0 Å². The molecule has 2 atom stereocenters. The first-order valence-electron chi connectivity index (χ1n) is 4.25. The third-order valence-electron chi connectivity index (χ3n) is 2.55. The van der Waals surface area contributed by atoms with E-state index in [1.165, 1.54) is 0 Å². The molecule has 2 rings (SSSR count). The van der Waals surface area contributed by atoms with Gasteiger partial charge in [-0.05, 0) is 25.2 Å². The minimum absolute atomic E-state index is 0.0509. The van der Waals surface area contributed by atoms with Crippen molar-refractivity contribution >= 4 is 5.91 Å². The van der Waals surface area contributed by atoms with E-state index < -0.39 is 0 Å². The first-order valence-corrected chi connectivity index (χ1v) is 4.25. The molecule has 3 nitrogen and oxygen atoms in total. The number of nitrogens with one attached hydrogen (secondary N) is 1. The van der Waals surface area contributed by atoms with Crippen molar-refractivity contribution in [2.24, 2.45) is 5.92 Å². The zero-order chi connectivity index (χ0) is 7.84. The van der Waals surface area contributed by atoms with Crippen LogP contribution in [-0.2, 0) is 4.79 Å². The molecule has 1 saturated carbocycles. The fourth-order valence-electron chi connectivity index (χ4n) is 1.66.